The minimum absolute atomic E-state index is 0.497. The number of rotatable bonds is 5. The van der Waals surface area contributed by atoms with Crippen LogP contribution in [0.1, 0.15) is 57.7 Å². The molecule has 0 saturated carbocycles. The maximum atomic E-state index is 10.1. The fraction of sp³-hybridized carbons (Fsp3) is 0.706. The van der Waals surface area contributed by atoms with E-state index in [1.165, 1.54) is 11.3 Å². The fourth-order valence-electron chi connectivity index (χ4n) is 2.43. The topological polar surface area (TPSA) is 51.6 Å². The zero-order valence-corrected chi connectivity index (χ0v) is 14.3. The Hall–Kier alpha value is -0.905. The van der Waals surface area contributed by atoms with Gasteiger partial charge in [-0.15, -0.1) is 0 Å². The normalized spacial score (nSPS) is 17.5. The van der Waals surface area contributed by atoms with Crippen molar-refractivity contribution < 1.29 is 14.5 Å². The molecule has 0 aromatic carbocycles. The highest BCUT2D eigenvalue weighted by Gasteiger charge is 2.35. The summed E-state index contributed by atoms with van der Waals surface area (Å²) < 4.78 is 11.2. The first-order valence-electron chi connectivity index (χ1n) is 7.98. The molecule has 2 rings (SSSR count). The van der Waals surface area contributed by atoms with E-state index in [-0.39, 0.29) is 0 Å². The van der Waals surface area contributed by atoms with Crippen LogP contribution in [-0.2, 0) is 9.39 Å². The molecule has 0 aliphatic carbocycles. The number of nitrogens with zero attached hydrogens (tertiary/aromatic N) is 1. The lowest BCUT2D eigenvalue weighted by Crippen LogP contribution is -2.49. The Morgan fingerprint density at radius 3 is 2.45 bits per heavy atom. The summed E-state index contributed by atoms with van der Waals surface area (Å²) in [5.74, 6) is 0.497. The number of hydrogen-bond acceptors (Lipinski definition) is 4. The Labute approximate surface area is 134 Å². The minimum Gasteiger partial charge on any atom is -0.427 e. The molecule has 1 aromatic heterocycles. The fourth-order valence-corrected chi connectivity index (χ4v) is 2.43. The van der Waals surface area contributed by atoms with Crippen LogP contribution in [0.2, 0.25) is 0 Å². The van der Waals surface area contributed by atoms with Crippen molar-refractivity contribution in [3.63, 3.8) is 0 Å². The summed E-state index contributed by atoms with van der Waals surface area (Å²) in [6.45, 7) is 11.0. The summed E-state index contributed by atoms with van der Waals surface area (Å²) in [4.78, 5) is 4.64. The second kappa shape index (κ2) is 6.69. The lowest BCUT2D eigenvalue weighted by atomic mass is 9.82. The maximum Gasteiger partial charge on any atom is 0.332 e. The van der Waals surface area contributed by atoms with E-state index in [0.29, 0.717) is 5.92 Å². The van der Waals surface area contributed by atoms with Gasteiger partial charge in [0.15, 0.2) is 0 Å². The molecule has 1 fully saturated rings. The van der Waals surface area contributed by atoms with Crippen molar-refractivity contribution in [2.24, 2.45) is 0 Å². The summed E-state index contributed by atoms with van der Waals surface area (Å²) in [5, 5.41) is 10.1. The quantitative estimate of drug-likeness (QED) is 0.846. The minimum atomic E-state index is -0.923. The Morgan fingerprint density at radius 1 is 1.27 bits per heavy atom. The molecule has 0 amide bonds. The van der Waals surface area contributed by atoms with E-state index in [9.17, 15) is 5.11 Å². The highest BCUT2D eigenvalue weighted by molar-refractivity contribution is 6.46. The van der Waals surface area contributed by atoms with Crippen molar-refractivity contribution in [1.82, 2.24) is 4.98 Å². The van der Waals surface area contributed by atoms with Gasteiger partial charge >= 0.3 is 7.48 Å². The predicted octanol–water partition coefficient (Wildman–Crippen LogP) is 2.09. The smallest absolute Gasteiger partial charge is 0.332 e. The van der Waals surface area contributed by atoms with Crippen molar-refractivity contribution in [1.29, 1.82) is 0 Å². The number of hydrogen-bond donors (Lipinski definition) is 1. The maximum absolute atomic E-state index is 10.1. The second-order valence-electron chi connectivity index (χ2n) is 7.16. The summed E-state index contributed by atoms with van der Waals surface area (Å²) in [6.07, 6.45) is 3.93. The van der Waals surface area contributed by atoms with Crippen molar-refractivity contribution in [3.8, 4) is 0 Å². The molecule has 1 aliphatic rings. The van der Waals surface area contributed by atoms with Gasteiger partial charge < -0.3 is 14.5 Å². The molecule has 2 heterocycles. The monoisotopic (exact) mass is 304 g/mol. The van der Waals surface area contributed by atoms with Gasteiger partial charge in [0, 0.05) is 31.0 Å². The van der Waals surface area contributed by atoms with E-state index in [1.807, 2.05) is 20.0 Å². The van der Waals surface area contributed by atoms with Crippen molar-refractivity contribution in [3.05, 3.63) is 23.5 Å². The van der Waals surface area contributed by atoms with Crippen LogP contribution in [0.5, 0.6) is 0 Å². The van der Waals surface area contributed by atoms with Gasteiger partial charge in [-0.05, 0) is 58.5 Å². The average molecular weight is 304 g/mol. The molecule has 121 valence electrons. The van der Waals surface area contributed by atoms with Gasteiger partial charge in [-0.3, -0.25) is 4.98 Å². The van der Waals surface area contributed by atoms with Gasteiger partial charge in [0.25, 0.3) is 0 Å². The predicted molar refractivity (Wildman–Crippen MR) is 88.6 cm³/mol. The Morgan fingerprint density at radius 2 is 1.91 bits per heavy atom. The molecule has 22 heavy (non-hydrogen) atoms. The van der Waals surface area contributed by atoms with Crippen LogP contribution in [-0.4, -0.2) is 42.0 Å². The molecule has 5 heteroatoms. The van der Waals surface area contributed by atoms with Gasteiger partial charge in [-0.1, -0.05) is 6.07 Å². The van der Waals surface area contributed by atoms with Crippen LogP contribution in [0.4, 0.5) is 0 Å². The van der Waals surface area contributed by atoms with Gasteiger partial charge in [-0.2, -0.15) is 0 Å². The van der Waals surface area contributed by atoms with Crippen LogP contribution in [0.15, 0.2) is 12.3 Å². The van der Waals surface area contributed by atoms with Crippen LogP contribution >= 0.6 is 0 Å². The van der Waals surface area contributed by atoms with Crippen molar-refractivity contribution >= 4 is 12.9 Å². The Bertz CT molecular complexity index is 505. The first-order valence-corrected chi connectivity index (χ1v) is 7.98. The molecule has 0 bridgehead atoms. The molecule has 0 spiro atoms. The lowest BCUT2D eigenvalue weighted by molar-refractivity contribution is -0.0893. The van der Waals surface area contributed by atoms with E-state index >= 15 is 0 Å². The van der Waals surface area contributed by atoms with Crippen molar-refractivity contribution in [2.75, 3.05) is 13.2 Å². The molecule has 0 atom stereocenters. The first-order chi connectivity index (χ1) is 10.2. The Balaban J connectivity index is 2.03. The molecule has 4 nitrogen and oxygen atoms in total. The molecule has 0 unspecified atom stereocenters. The number of aromatic nitrogens is 1. The molecular weight excluding hydrogens is 277 g/mol. The van der Waals surface area contributed by atoms with E-state index in [0.717, 1.165) is 31.5 Å². The van der Waals surface area contributed by atoms with Gasteiger partial charge in [0.2, 0.25) is 0 Å². The third-order valence-electron chi connectivity index (χ3n) is 4.71. The molecule has 1 aromatic rings. The van der Waals surface area contributed by atoms with Crippen LogP contribution in [0, 0.1) is 6.92 Å². The molecule has 1 saturated heterocycles. The SMILES string of the molecule is Cc1cc([B]OC(C)(C)C(C)(C)O)cnc1C1CCOCC1. The number of pyridine rings is 1. The van der Waals surface area contributed by atoms with E-state index in [4.69, 9.17) is 9.39 Å². The summed E-state index contributed by atoms with van der Waals surface area (Å²) >= 11 is 0. The standard InChI is InChI=1S/C17H27BNO3/c1-12-10-14(18-22-17(4,5)16(2,3)20)11-19-15(12)13-6-8-21-9-7-13/h10-11,13,20H,6-9H2,1-5H3. The Kier molecular flexibility index (Phi) is 5.31. The zero-order chi connectivity index (χ0) is 16.4. The number of aliphatic hydroxyl groups is 1. The van der Waals surface area contributed by atoms with Crippen LogP contribution in [0.25, 0.3) is 0 Å². The molecule has 1 N–H and O–H groups in total. The second-order valence-corrected chi connectivity index (χ2v) is 7.16. The third kappa shape index (κ3) is 4.09. The van der Waals surface area contributed by atoms with Gasteiger partial charge in [-0.25, -0.2) is 0 Å². The van der Waals surface area contributed by atoms with Crippen LogP contribution in [0.3, 0.4) is 0 Å². The molecule has 1 aliphatic heterocycles. The van der Waals surface area contributed by atoms with Gasteiger partial charge in [0.1, 0.15) is 0 Å². The largest absolute Gasteiger partial charge is 0.427 e. The summed E-state index contributed by atoms with van der Waals surface area (Å²) in [5.41, 5.74) is 1.69. The van der Waals surface area contributed by atoms with E-state index in [1.54, 1.807) is 21.3 Å². The average Bonchev–Trinajstić information content (AvgIpc) is 2.45. The molecule has 1 radical (unpaired) electrons. The molecular formula is C17H27BNO3. The number of aryl methyl sites for hydroxylation is 1. The summed E-state index contributed by atoms with van der Waals surface area (Å²) in [7, 11) is 1.69. The van der Waals surface area contributed by atoms with E-state index in [2.05, 4.69) is 18.0 Å². The van der Waals surface area contributed by atoms with E-state index < -0.39 is 11.2 Å². The lowest BCUT2D eigenvalue weighted by Gasteiger charge is -2.37. The highest BCUT2D eigenvalue weighted by atomic mass is 16.5. The van der Waals surface area contributed by atoms with Crippen molar-refractivity contribution in [2.45, 2.75) is 64.6 Å². The zero-order valence-electron chi connectivity index (χ0n) is 14.3. The third-order valence-corrected chi connectivity index (χ3v) is 4.71. The first kappa shape index (κ1) is 17.4. The van der Waals surface area contributed by atoms with Crippen LogP contribution < -0.4 is 5.46 Å². The summed E-state index contributed by atoms with van der Waals surface area (Å²) in [6, 6.07) is 2.10. The van der Waals surface area contributed by atoms with Gasteiger partial charge in [0.05, 0.1) is 11.2 Å². The highest BCUT2D eigenvalue weighted by Crippen LogP contribution is 2.27. The number of ether oxygens (including phenoxy) is 1.